The SMILES string of the molecule is CC(C)(C)c1ccccc1C(N)c1ccsc1. The van der Waals surface area contributed by atoms with Crippen molar-refractivity contribution in [2.45, 2.75) is 32.2 Å². The molecule has 0 spiro atoms. The van der Waals surface area contributed by atoms with Crippen molar-refractivity contribution in [2.24, 2.45) is 5.73 Å². The maximum Gasteiger partial charge on any atom is 0.0562 e. The van der Waals surface area contributed by atoms with Crippen LogP contribution in [0, 0.1) is 0 Å². The zero-order chi connectivity index (χ0) is 12.5. The third kappa shape index (κ3) is 2.59. The van der Waals surface area contributed by atoms with Crippen LogP contribution in [0.25, 0.3) is 0 Å². The molecule has 2 N–H and O–H groups in total. The summed E-state index contributed by atoms with van der Waals surface area (Å²) in [4.78, 5) is 0. The van der Waals surface area contributed by atoms with Gasteiger partial charge < -0.3 is 5.73 Å². The van der Waals surface area contributed by atoms with Crippen LogP contribution in [0.1, 0.15) is 43.5 Å². The van der Waals surface area contributed by atoms with Crippen LogP contribution in [-0.4, -0.2) is 0 Å². The Kier molecular flexibility index (Phi) is 3.36. The van der Waals surface area contributed by atoms with E-state index in [1.54, 1.807) is 11.3 Å². The van der Waals surface area contributed by atoms with E-state index in [1.165, 1.54) is 16.7 Å². The van der Waals surface area contributed by atoms with Gasteiger partial charge in [-0.15, -0.1) is 0 Å². The average Bonchev–Trinajstić information content (AvgIpc) is 2.80. The zero-order valence-electron chi connectivity index (χ0n) is 10.6. The van der Waals surface area contributed by atoms with Gasteiger partial charge in [-0.05, 0) is 38.9 Å². The van der Waals surface area contributed by atoms with Crippen LogP contribution in [0.4, 0.5) is 0 Å². The first-order valence-corrected chi connectivity index (χ1v) is 6.81. The van der Waals surface area contributed by atoms with E-state index in [0.717, 1.165) is 0 Å². The fraction of sp³-hybridized carbons (Fsp3) is 0.333. The van der Waals surface area contributed by atoms with Crippen LogP contribution in [-0.2, 0) is 5.41 Å². The summed E-state index contributed by atoms with van der Waals surface area (Å²) in [6, 6.07) is 10.6. The molecule has 0 aliphatic heterocycles. The summed E-state index contributed by atoms with van der Waals surface area (Å²) in [5, 5.41) is 4.21. The van der Waals surface area contributed by atoms with Gasteiger partial charge in [-0.1, -0.05) is 45.0 Å². The number of rotatable bonds is 2. The van der Waals surface area contributed by atoms with Gasteiger partial charge in [0.05, 0.1) is 6.04 Å². The van der Waals surface area contributed by atoms with Crippen LogP contribution in [0.3, 0.4) is 0 Å². The molecule has 1 nitrogen and oxygen atoms in total. The molecule has 17 heavy (non-hydrogen) atoms. The van der Waals surface area contributed by atoms with E-state index in [0.29, 0.717) is 0 Å². The molecule has 0 aliphatic carbocycles. The lowest BCUT2D eigenvalue weighted by atomic mass is 9.81. The molecule has 0 bridgehead atoms. The van der Waals surface area contributed by atoms with Crippen molar-refractivity contribution in [3.05, 3.63) is 57.8 Å². The molecule has 0 radical (unpaired) electrons. The van der Waals surface area contributed by atoms with Crippen molar-refractivity contribution >= 4 is 11.3 Å². The summed E-state index contributed by atoms with van der Waals surface area (Å²) in [6.07, 6.45) is 0. The largest absolute Gasteiger partial charge is 0.320 e. The Morgan fingerprint density at radius 3 is 2.41 bits per heavy atom. The number of benzene rings is 1. The fourth-order valence-corrected chi connectivity index (χ4v) is 2.78. The lowest BCUT2D eigenvalue weighted by Gasteiger charge is -2.25. The molecule has 1 unspecified atom stereocenters. The second kappa shape index (κ2) is 4.63. The van der Waals surface area contributed by atoms with E-state index in [-0.39, 0.29) is 11.5 Å². The number of thiophene rings is 1. The highest BCUT2D eigenvalue weighted by atomic mass is 32.1. The minimum atomic E-state index is -0.0170. The van der Waals surface area contributed by atoms with Crippen LogP contribution in [0.5, 0.6) is 0 Å². The highest BCUT2D eigenvalue weighted by Crippen LogP contribution is 2.31. The van der Waals surface area contributed by atoms with Crippen molar-refractivity contribution in [3.8, 4) is 0 Å². The van der Waals surface area contributed by atoms with E-state index < -0.39 is 0 Å². The van der Waals surface area contributed by atoms with Gasteiger partial charge in [-0.2, -0.15) is 11.3 Å². The van der Waals surface area contributed by atoms with Crippen molar-refractivity contribution in [1.82, 2.24) is 0 Å². The maximum absolute atomic E-state index is 6.36. The summed E-state index contributed by atoms with van der Waals surface area (Å²) >= 11 is 1.70. The monoisotopic (exact) mass is 245 g/mol. The Hall–Kier alpha value is -1.12. The number of nitrogens with two attached hydrogens (primary N) is 1. The molecule has 1 aromatic heterocycles. The van der Waals surface area contributed by atoms with Gasteiger partial charge in [0.2, 0.25) is 0 Å². The van der Waals surface area contributed by atoms with E-state index in [2.05, 4.69) is 61.9 Å². The molecule has 90 valence electrons. The predicted molar refractivity (Wildman–Crippen MR) is 75.5 cm³/mol. The molecule has 0 fully saturated rings. The molecular weight excluding hydrogens is 226 g/mol. The molecule has 0 amide bonds. The molecule has 1 atom stereocenters. The molecule has 2 rings (SSSR count). The van der Waals surface area contributed by atoms with Gasteiger partial charge in [0, 0.05) is 0 Å². The van der Waals surface area contributed by atoms with Gasteiger partial charge in [0.25, 0.3) is 0 Å². The highest BCUT2D eigenvalue weighted by molar-refractivity contribution is 7.08. The Morgan fingerprint density at radius 2 is 1.82 bits per heavy atom. The normalized spacial score (nSPS) is 13.6. The van der Waals surface area contributed by atoms with Gasteiger partial charge in [0.15, 0.2) is 0 Å². The summed E-state index contributed by atoms with van der Waals surface area (Å²) in [5.74, 6) is 0. The lowest BCUT2D eigenvalue weighted by molar-refractivity contribution is 0.578. The van der Waals surface area contributed by atoms with Crippen LogP contribution in [0.15, 0.2) is 41.1 Å². The molecule has 0 aliphatic rings. The van der Waals surface area contributed by atoms with E-state index in [4.69, 9.17) is 5.73 Å². The third-order valence-corrected chi connectivity index (χ3v) is 3.71. The van der Waals surface area contributed by atoms with Crippen LogP contribution < -0.4 is 5.73 Å². The molecule has 0 saturated carbocycles. The smallest absolute Gasteiger partial charge is 0.0562 e. The topological polar surface area (TPSA) is 26.0 Å². The summed E-state index contributed by atoms with van der Waals surface area (Å²) in [7, 11) is 0. The van der Waals surface area contributed by atoms with Gasteiger partial charge >= 0.3 is 0 Å². The first-order valence-electron chi connectivity index (χ1n) is 5.87. The molecule has 1 aromatic carbocycles. The Balaban J connectivity index is 2.46. The average molecular weight is 245 g/mol. The molecule has 1 heterocycles. The Bertz CT molecular complexity index is 480. The standard InChI is InChI=1S/C15H19NS/c1-15(2,3)13-7-5-4-6-12(13)14(16)11-8-9-17-10-11/h4-10,14H,16H2,1-3H3. The van der Waals surface area contributed by atoms with E-state index in [9.17, 15) is 0 Å². The van der Waals surface area contributed by atoms with E-state index in [1.807, 2.05) is 0 Å². The summed E-state index contributed by atoms with van der Waals surface area (Å²) in [6.45, 7) is 6.69. The van der Waals surface area contributed by atoms with Gasteiger partial charge in [-0.25, -0.2) is 0 Å². The predicted octanol–water partition coefficient (Wildman–Crippen LogP) is 4.09. The molecule has 0 saturated heterocycles. The summed E-state index contributed by atoms with van der Waals surface area (Å²) in [5.41, 5.74) is 10.3. The maximum atomic E-state index is 6.36. The number of hydrogen-bond donors (Lipinski definition) is 1. The van der Waals surface area contributed by atoms with Crippen LogP contribution >= 0.6 is 11.3 Å². The minimum absolute atomic E-state index is 0.0170. The van der Waals surface area contributed by atoms with E-state index >= 15 is 0 Å². The first kappa shape index (κ1) is 12.3. The van der Waals surface area contributed by atoms with Gasteiger partial charge in [-0.3, -0.25) is 0 Å². The Morgan fingerprint density at radius 1 is 1.12 bits per heavy atom. The molecule has 2 heteroatoms. The summed E-state index contributed by atoms with van der Waals surface area (Å²) < 4.78 is 0. The van der Waals surface area contributed by atoms with Crippen LogP contribution in [0.2, 0.25) is 0 Å². The third-order valence-electron chi connectivity index (χ3n) is 3.01. The molecular formula is C15H19NS. The lowest BCUT2D eigenvalue weighted by Crippen LogP contribution is -2.20. The Labute approximate surface area is 107 Å². The molecule has 2 aromatic rings. The minimum Gasteiger partial charge on any atom is -0.320 e. The van der Waals surface area contributed by atoms with Gasteiger partial charge in [0.1, 0.15) is 0 Å². The van der Waals surface area contributed by atoms with Crippen molar-refractivity contribution in [3.63, 3.8) is 0 Å². The zero-order valence-corrected chi connectivity index (χ0v) is 11.4. The quantitative estimate of drug-likeness (QED) is 0.847. The van der Waals surface area contributed by atoms with Crippen molar-refractivity contribution in [2.75, 3.05) is 0 Å². The fourth-order valence-electron chi connectivity index (χ4n) is 2.08. The number of hydrogen-bond acceptors (Lipinski definition) is 2. The first-order chi connectivity index (χ1) is 8.00. The highest BCUT2D eigenvalue weighted by Gasteiger charge is 2.21. The van der Waals surface area contributed by atoms with Crippen molar-refractivity contribution in [1.29, 1.82) is 0 Å². The second-order valence-electron chi connectivity index (χ2n) is 5.37. The van der Waals surface area contributed by atoms with Crippen molar-refractivity contribution < 1.29 is 0 Å². The second-order valence-corrected chi connectivity index (χ2v) is 6.15.